The minimum absolute atomic E-state index is 0.0666. The van der Waals surface area contributed by atoms with Gasteiger partial charge in [-0.05, 0) is 85.3 Å². The molecule has 0 fully saturated rings. The molecule has 2 aromatic heterocycles. The van der Waals surface area contributed by atoms with Crippen LogP contribution in [0.1, 0.15) is 21.7 Å². The monoisotopic (exact) mass is 645 g/mol. The number of aldehydes is 1. The smallest absolute Gasteiger partial charge is 0.294 e. The van der Waals surface area contributed by atoms with Crippen molar-refractivity contribution >= 4 is 50.4 Å². The van der Waals surface area contributed by atoms with Gasteiger partial charge in [0.2, 0.25) is 0 Å². The molecule has 0 saturated carbocycles. The molecular formula is C33H25ClFN3O6S. The van der Waals surface area contributed by atoms with Crippen LogP contribution in [0.25, 0.3) is 22.2 Å². The van der Waals surface area contributed by atoms with Crippen LogP contribution in [0.4, 0.5) is 15.9 Å². The van der Waals surface area contributed by atoms with E-state index in [2.05, 4.69) is 15.3 Å². The maximum atomic E-state index is 13.4. The molecular weight excluding hydrogens is 621 g/mol. The van der Waals surface area contributed by atoms with Crippen LogP contribution >= 0.6 is 11.6 Å². The van der Waals surface area contributed by atoms with E-state index in [1.165, 1.54) is 30.6 Å². The fourth-order valence-electron chi connectivity index (χ4n) is 4.21. The van der Waals surface area contributed by atoms with E-state index in [-0.39, 0.29) is 23.1 Å². The fourth-order valence-corrected chi connectivity index (χ4v) is 4.93. The zero-order chi connectivity index (χ0) is 32.0. The summed E-state index contributed by atoms with van der Waals surface area (Å²) in [5.74, 6) is 1.57. The molecule has 45 heavy (non-hydrogen) atoms. The molecule has 0 spiro atoms. The normalized spacial score (nSPS) is 11.0. The molecule has 0 bridgehead atoms. The Morgan fingerprint density at radius 3 is 2.47 bits per heavy atom. The van der Waals surface area contributed by atoms with E-state index in [0.717, 1.165) is 22.0 Å². The molecule has 6 rings (SSSR count). The SMILES string of the molecule is Cc1ccc(S(=O)(=O)O)cc1.O=Cc1ccc(-c2ccc3ncnc(Nc4ccc(OCc5cccc(F)c5)c(Cl)c4)c3c2)o1. The molecule has 0 aliphatic carbocycles. The summed E-state index contributed by atoms with van der Waals surface area (Å²) in [7, 11) is -4.02. The van der Waals surface area contributed by atoms with E-state index in [4.69, 9.17) is 25.3 Å². The van der Waals surface area contributed by atoms with Gasteiger partial charge in [-0.15, -0.1) is 0 Å². The third-order valence-corrected chi connectivity index (χ3v) is 7.62. The molecule has 4 aromatic carbocycles. The minimum Gasteiger partial charge on any atom is -0.487 e. The molecule has 9 nitrogen and oxygen atoms in total. The largest absolute Gasteiger partial charge is 0.487 e. The summed E-state index contributed by atoms with van der Waals surface area (Å²) in [6.45, 7) is 2.04. The molecule has 0 aliphatic rings. The van der Waals surface area contributed by atoms with E-state index in [9.17, 15) is 17.6 Å². The van der Waals surface area contributed by atoms with E-state index in [0.29, 0.717) is 39.9 Å². The summed E-state index contributed by atoms with van der Waals surface area (Å²) >= 11 is 6.42. The number of carbonyl (C=O) groups excluding carboxylic acids is 1. The highest BCUT2D eigenvalue weighted by Crippen LogP contribution is 2.32. The highest BCUT2D eigenvalue weighted by molar-refractivity contribution is 7.85. The second-order valence-corrected chi connectivity index (χ2v) is 11.6. The lowest BCUT2D eigenvalue weighted by Gasteiger charge is -2.12. The van der Waals surface area contributed by atoms with Gasteiger partial charge in [-0.3, -0.25) is 9.35 Å². The van der Waals surface area contributed by atoms with Gasteiger partial charge in [-0.1, -0.05) is 41.4 Å². The second-order valence-electron chi connectivity index (χ2n) is 9.75. The van der Waals surface area contributed by atoms with Crippen molar-refractivity contribution in [1.29, 1.82) is 0 Å². The van der Waals surface area contributed by atoms with E-state index < -0.39 is 10.1 Å². The number of nitrogens with zero attached hydrogens (tertiary/aromatic N) is 2. The lowest BCUT2D eigenvalue weighted by Crippen LogP contribution is -1.98. The molecule has 0 saturated heterocycles. The molecule has 2 N–H and O–H groups in total. The number of anilines is 2. The first-order valence-electron chi connectivity index (χ1n) is 13.4. The predicted molar refractivity (Wildman–Crippen MR) is 169 cm³/mol. The van der Waals surface area contributed by atoms with Crippen LogP contribution in [0.5, 0.6) is 5.75 Å². The van der Waals surface area contributed by atoms with Crippen molar-refractivity contribution < 1.29 is 31.3 Å². The summed E-state index contributed by atoms with van der Waals surface area (Å²) < 4.78 is 54.2. The quantitative estimate of drug-likeness (QED) is 0.125. The van der Waals surface area contributed by atoms with Crippen molar-refractivity contribution in [2.75, 3.05) is 5.32 Å². The number of aromatic nitrogens is 2. The van der Waals surface area contributed by atoms with E-state index >= 15 is 0 Å². The molecule has 0 radical (unpaired) electrons. The van der Waals surface area contributed by atoms with Gasteiger partial charge in [-0.25, -0.2) is 14.4 Å². The maximum absolute atomic E-state index is 13.4. The summed E-state index contributed by atoms with van der Waals surface area (Å²) in [6, 6.07) is 26.5. The van der Waals surface area contributed by atoms with Crippen molar-refractivity contribution in [1.82, 2.24) is 9.97 Å². The van der Waals surface area contributed by atoms with Crippen LogP contribution in [0, 0.1) is 12.7 Å². The zero-order valence-corrected chi connectivity index (χ0v) is 25.2. The van der Waals surface area contributed by atoms with Crippen LogP contribution < -0.4 is 10.1 Å². The first-order chi connectivity index (χ1) is 21.6. The number of aryl methyl sites for hydroxylation is 1. The van der Waals surface area contributed by atoms with Crippen LogP contribution in [-0.2, 0) is 16.7 Å². The molecule has 228 valence electrons. The molecule has 0 aliphatic heterocycles. The molecule has 12 heteroatoms. The van der Waals surface area contributed by atoms with Crippen molar-refractivity contribution in [3.05, 3.63) is 131 Å². The van der Waals surface area contributed by atoms with Crippen LogP contribution in [0.3, 0.4) is 0 Å². The molecule has 0 atom stereocenters. The number of benzene rings is 4. The highest BCUT2D eigenvalue weighted by Gasteiger charge is 2.11. The fraction of sp³-hybridized carbons (Fsp3) is 0.0606. The molecule has 6 aromatic rings. The van der Waals surface area contributed by atoms with Crippen molar-refractivity contribution in [3.8, 4) is 17.1 Å². The van der Waals surface area contributed by atoms with Crippen LogP contribution in [-0.4, -0.2) is 29.2 Å². The third-order valence-electron chi connectivity index (χ3n) is 6.46. The average molecular weight is 646 g/mol. The van der Waals surface area contributed by atoms with Gasteiger partial charge in [0.15, 0.2) is 12.0 Å². The number of ether oxygens (including phenoxy) is 1. The molecule has 0 amide bonds. The number of furan rings is 1. The Bertz CT molecular complexity index is 2090. The van der Waals surface area contributed by atoms with Crippen molar-refractivity contribution in [2.24, 2.45) is 0 Å². The second kappa shape index (κ2) is 13.7. The maximum Gasteiger partial charge on any atom is 0.294 e. The van der Waals surface area contributed by atoms with Gasteiger partial charge in [-0.2, -0.15) is 8.42 Å². The average Bonchev–Trinajstić information content (AvgIpc) is 3.50. The number of fused-ring (bicyclic) bond motifs is 1. The number of carbonyl (C=O) groups is 1. The number of hydrogen-bond acceptors (Lipinski definition) is 8. The summed E-state index contributed by atoms with van der Waals surface area (Å²) in [4.78, 5) is 19.6. The third kappa shape index (κ3) is 8.09. The minimum atomic E-state index is -4.02. The van der Waals surface area contributed by atoms with Crippen molar-refractivity contribution in [2.45, 2.75) is 18.4 Å². The van der Waals surface area contributed by atoms with Gasteiger partial charge >= 0.3 is 0 Å². The first kappa shape index (κ1) is 31.3. The number of hydrogen-bond donors (Lipinski definition) is 2. The highest BCUT2D eigenvalue weighted by atomic mass is 35.5. The Morgan fingerprint density at radius 1 is 0.978 bits per heavy atom. The van der Waals surface area contributed by atoms with E-state index in [1.807, 2.05) is 31.2 Å². The Balaban J connectivity index is 0.000000309. The van der Waals surface area contributed by atoms with Gasteiger partial charge in [0.25, 0.3) is 10.1 Å². The molecule has 2 heterocycles. The number of rotatable bonds is 8. The Morgan fingerprint density at radius 2 is 1.78 bits per heavy atom. The Hall–Kier alpha value is -5.10. The van der Waals surface area contributed by atoms with Crippen LogP contribution in [0.2, 0.25) is 5.02 Å². The lowest BCUT2D eigenvalue weighted by atomic mass is 10.1. The predicted octanol–water partition coefficient (Wildman–Crippen LogP) is 8.06. The lowest BCUT2D eigenvalue weighted by molar-refractivity contribution is 0.110. The number of halogens is 2. The van der Waals surface area contributed by atoms with Gasteiger partial charge in [0, 0.05) is 16.6 Å². The summed E-state index contributed by atoms with van der Waals surface area (Å²) in [5.41, 5.74) is 3.90. The Labute approximate surface area is 263 Å². The zero-order valence-electron chi connectivity index (χ0n) is 23.6. The molecule has 0 unspecified atom stereocenters. The van der Waals surface area contributed by atoms with Crippen molar-refractivity contribution in [3.63, 3.8) is 0 Å². The van der Waals surface area contributed by atoms with Gasteiger partial charge in [0.1, 0.15) is 36.1 Å². The van der Waals surface area contributed by atoms with E-state index in [1.54, 1.807) is 48.5 Å². The number of nitrogens with one attached hydrogen (secondary N) is 1. The topological polar surface area (TPSA) is 132 Å². The van der Waals surface area contributed by atoms with Crippen LogP contribution in [0.15, 0.2) is 113 Å². The first-order valence-corrected chi connectivity index (χ1v) is 15.2. The standard InChI is InChI=1S/C26H17ClFN3O3.C7H8O3S/c27-22-12-19(5-8-25(22)33-14-16-2-1-3-18(28)10-16)31-26-21-11-17(4-7-23(21)29-15-30-26)24-9-6-20(13-32)34-24;1-6-2-4-7(5-3-6)11(8,9)10/h1-13,15H,14H2,(H,29,30,31);2-5H,1H3,(H,8,9,10). The summed E-state index contributed by atoms with van der Waals surface area (Å²) in [6.07, 6.45) is 2.13. The van der Waals surface area contributed by atoms with Gasteiger partial charge < -0.3 is 14.5 Å². The summed E-state index contributed by atoms with van der Waals surface area (Å²) in [5, 5.41) is 4.43. The van der Waals surface area contributed by atoms with Gasteiger partial charge in [0.05, 0.1) is 15.4 Å². The Kier molecular flexibility index (Phi) is 9.53.